The highest BCUT2D eigenvalue weighted by atomic mass is 32.1. The molecule has 2 N–H and O–H groups in total. The van der Waals surface area contributed by atoms with E-state index in [2.05, 4.69) is 27.0 Å². The summed E-state index contributed by atoms with van der Waals surface area (Å²) in [5.41, 5.74) is 7.14. The fraction of sp³-hybridized carbons (Fsp3) is 0.269. The van der Waals surface area contributed by atoms with Gasteiger partial charge in [0.25, 0.3) is 5.56 Å². The molecule has 4 aromatic rings. The van der Waals surface area contributed by atoms with E-state index in [9.17, 15) is 9.59 Å². The Morgan fingerprint density at radius 1 is 1.11 bits per heavy atom. The Morgan fingerprint density at radius 3 is 2.65 bits per heavy atom. The Hall–Kier alpha value is -4.09. The maximum absolute atomic E-state index is 12.5. The Morgan fingerprint density at radius 2 is 1.89 bits per heavy atom. The third kappa shape index (κ3) is 6.19. The number of benzene rings is 1. The number of ether oxygens (including phenoxy) is 2. The van der Waals surface area contributed by atoms with E-state index in [0.29, 0.717) is 22.3 Å². The van der Waals surface area contributed by atoms with Crippen LogP contribution in [0.15, 0.2) is 65.7 Å². The van der Waals surface area contributed by atoms with Crippen LogP contribution in [0.1, 0.15) is 18.4 Å². The molecule has 11 heteroatoms. The van der Waals surface area contributed by atoms with Gasteiger partial charge in [-0.1, -0.05) is 29.5 Å². The standard InChI is InChI=1S/C26H26N6O4S/c1-31-11-9-19(10-12-31)35-20-14-28-25(29-15-20)18-4-2-3-17(13-18)16-32-23(33)7-5-21(30-32)22-6-8-24(37-22)36-26(27)34/h2-8,13-15,19H,9-12,16H2,1H3,(H2,27,34). The molecule has 1 saturated heterocycles. The van der Waals surface area contributed by atoms with Crippen molar-refractivity contribution in [2.45, 2.75) is 25.5 Å². The fourth-order valence-electron chi connectivity index (χ4n) is 4.11. The number of thiophene rings is 1. The molecule has 190 valence electrons. The number of carbonyl (C=O) groups is 1. The predicted molar refractivity (Wildman–Crippen MR) is 140 cm³/mol. The predicted octanol–water partition coefficient (Wildman–Crippen LogP) is 3.41. The molecular weight excluding hydrogens is 492 g/mol. The molecule has 0 atom stereocenters. The van der Waals surface area contributed by atoms with Crippen molar-refractivity contribution in [3.05, 3.63) is 76.8 Å². The summed E-state index contributed by atoms with van der Waals surface area (Å²) in [7, 11) is 2.12. The summed E-state index contributed by atoms with van der Waals surface area (Å²) in [6, 6.07) is 14.2. The fourth-order valence-corrected chi connectivity index (χ4v) is 4.93. The largest absolute Gasteiger partial charge is 0.487 e. The monoisotopic (exact) mass is 518 g/mol. The molecule has 5 rings (SSSR count). The number of nitrogens with two attached hydrogens (primary N) is 1. The van der Waals surface area contributed by atoms with Gasteiger partial charge >= 0.3 is 6.09 Å². The Labute approximate surface area is 217 Å². The van der Waals surface area contributed by atoms with Gasteiger partial charge in [-0.3, -0.25) is 4.79 Å². The van der Waals surface area contributed by atoms with Gasteiger partial charge in [-0.15, -0.1) is 0 Å². The van der Waals surface area contributed by atoms with Gasteiger partial charge in [0, 0.05) is 24.7 Å². The van der Waals surface area contributed by atoms with Gasteiger partial charge in [-0.2, -0.15) is 5.10 Å². The van der Waals surface area contributed by atoms with Crippen LogP contribution >= 0.6 is 11.3 Å². The molecule has 10 nitrogen and oxygen atoms in total. The van der Waals surface area contributed by atoms with Crippen molar-refractivity contribution >= 4 is 17.4 Å². The van der Waals surface area contributed by atoms with Crippen LogP contribution in [-0.4, -0.2) is 57.0 Å². The minimum atomic E-state index is -0.880. The van der Waals surface area contributed by atoms with Crippen LogP contribution in [0.4, 0.5) is 4.79 Å². The summed E-state index contributed by atoms with van der Waals surface area (Å²) in [5.74, 6) is 1.24. The van der Waals surface area contributed by atoms with E-state index in [1.54, 1.807) is 30.6 Å². The molecule has 3 aromatic heterocycles. The summed E-state index contributed by atoms with van der Waals surface area (Å²) in [5, 5.41) is 4.86. The lowest BCUT2D eigenvalue weighted by Gasteiger charge is -2.29. The first kappa shape index (κ1) is 24.6. The van der Waals surface area contributed by atoms with Crippen LogP contribution in [0.2, 0.25) is 0 Å². The number of hydrogen-bond donors (Lipinski definition) is 1. The van der Waals surface area contributed by atoms with Crippen molar-refractivity contribution in [1.82, 2.24) is 24.6 Å². The van der Waals surface area contributed by atoms with Crippen LogP contribution < -0.4 is 20.8 Å². The van der Waals surface area contributed by atoms with Crippen molar-refractivity contribution in [1.29, 1.82) is 0 Å². The van der Waals surface area contributed by atoms with Crippen molar-refractivity contribution < 1.29 is 14.3 Å². The zero-order valence-electron chi connectivity index (χ0n) is 20.2. The summed E-state index contributed by atoms with van der Waals surface area (Å²) >= 11 is 1.22. The zero-order valence-corrected chi connectivity index (χ0v) is 21.1. The summed E-state index contributed by atoms with van der Waals surface area (Å²) < 4.78 is 12.4. The lowest BCUT2D eigenvalue weighted by Crippen LogP contribution is -2.35. The van der Waals surface area contributed by atoms with E-state index in [1.165, 1.54) is 22.1 Å². The Bertz CT molecular complexity index is 1440. The van der Waals surface area contributed by atoms with Gasteiger partial charge in [0.15, 0.2) is 16.6 Å². The second-order valence-corrected chi connectivity index (χ2v) is 9.86. The van der Waals surface area contributed by atoms with Crippen molar-refractivity contribution in [2.75, 3.05) is 20.1 Å². The molecule has 37 heavy (non-hydrogen) atoms. The first-order valence-corrected chi connectivity index (χ1v) is 12.7. The van der Waals surface area contributed by atoms with E-state index in [0.717, 1.165) is 41.9 Å². The third-order valence-corrected chi connectivity index (χ3v) is 7.00. The van der Waals surface area contributed by atoms with Gasteiger partial charge in [-0.25, -0.2) is 19.4 Å². The van der Waals surface area contributed by atoms with Gasteiger partial charge in [0.05, 0.1) is 23.8 Å². The minimum absolute atomic E-state index is 0.187. The number of likely N-dealkylation sites (tertiary alicyclic amines) is 1. The van der Waals surface area contributed by atoms with E-state index < -0.39 is 6.09 Å². The van der Waals surface area contributed by atoms with Gasteiger partial charge in [-0.05, 0) is 49.7 Å². The van der Waals surface area contributed by atoms with Crippen molar-refractivity contribution in [3.63, 3.8) is 0 Å². The van der Waals surface area contributed by atoms with Crippen LogP contribution in [0.3, 0.4) is 0 Å². The lowest BCUT2D eigenvalue weighted by molar-refractivity contribution is 0.113. The lowest BCUT2D eigenvalue weighted by atomic mass is 10.1. The quantitative estimate of drug-likeness (QED) is 0.395. The number of piperidine rings is 1. The number of amides is 1. The molecule has 0 aliphatic carbocycles. The van der Waals surface area contributed by atoms with E-state index in [-0.39, 0.29) is 18.2 Å². The summed E-state index contributed by atoms with van der Waals surface area (Å²) in [6.07, 6.45) is 4.70. The second-order valence-electron chi connectivity index (χ2n) is 8.82. The maximum atomic E-state index is 12.5. The molecule has 1 aliphatic heterocycles. The average Bonchev–Trinajstić information content (AvgIpc) is 3.35. The van der Waals surface area contributed by atoms with Crippen molar-refractivity contribution in [2.24, 2.45) is 5.73 Å². The highest BCUT2D eigenvalue weighted by Crippen LogP contribution is 2.31. The molecule has 4 heterocycles. The average molecular weight is 519 g/mol. The Kier molecular flexibility index (Phi) is 7.24. The topological polar surface area (TPSA) is 125 Å². The molecule has 0 unspecified atom stereocenters. The Balaban J connectivity index is 1.29. The van der Waals surface area contributed by atoms with Crippen LogP contribution in [0.5, 0.6) is 10.8 Å². The molecule has 1 aromatic carbocycles. The highest BCUT2D eigenvalue weighted by Gasteiger charge is 2.18. The zero-order chi connectivity index (χ0) is 25.8. The van der Waals surface area contributed by atoms with Crippen LogP contribution in [0, 0.1) is 0 Å². The number of rotatable bonds is 7. The van der Waals surface area contributed by atoms with Crippen LogP contribution in [-0.2, 0) is 6.54 Å². The first-order valence-electron chi connectivity index (χ1n) is 11.9. The molecule has 0 spiro atoms. The first-order chi connectivity index (χ1) is 17.9. The minimum Gasteiger partial charge on any atom is -0.487 e. The highest BCUT2D eigenvalue weighted by molar-refractivity contribution is 7.17. The molecule has 0 bridgehead atoms. The van der Waals surface area contributed by atoms with E-state index in [4.69, 9.17) is 15.2 Å². The SMILES string of the molecule is CN1CCC(Oc2cnc(-c3cccc(Cn4nc(-c5ccc(OC(N)=O)s5)ccc4=O)c3)nc2)CC1. The number of carbonyl (C=O) groups excluding carboxylic acids is 1. The summed E-state index contributed by atoms with van der Waals surface area (Å²) in [4.78, 5) is 35.5. The molecule has 1 aliphatic rings. The molecule has 1 fully saturated rings. The van der Waals surface area contributed by atoms with Crippen molar-refractivity contribution in [3.8, 4) is 32.8 Å². The van der Waals surface area contributed by atoms with E-state index >= 15 is 0 Å². The smallest absolute Gasteiger partial charge is 0.410 e. The molecule has 1 amide bonds. The van der Waals surface area contributed by atoms with E-state index in [1.807, 2.05) is 24.3 Å². The van der Waals surface area contributed by atoms with Crippen LogP contribution in [0.25, 0.3) is 22.0 Å². The number of hydrogen-bond acceptors (Lipinski definition) is 9. The number of aromatic nitrogens is 4. The summed E-state index contributed by atoms with van der Waals surface area (Å²) in [6.45, 7) is 2.32. The molecular formula is C26H26N6O4S. The maximum Gasteiger partial charge on any atom is 0.410 e. The number of nitrogens with zero attached hydrogens (tertiary/aromatic N) is 5. The number of primary amides is 1. The molecule has 0 saturated carbocycles. The third-order valence-electron chi connectivity index (χ3n) is 6.02. The van der Waals surface area contributed by atoms with Gasteiger partial charge < -0.3 is 20.1 Å². The van der Waals surface area contributed by atoms with Gasteiger partial charge in [0.2, 0.25) is 0 Å². The van der Waals surface area contributed by atoms with Gasteiger partial charge in [0.1, 0.15) is 11.8 Å². The normalized spacial score (nSPS) is 14.4. The molecule has 0 radical (unpaired) electrons. The second kappa shape index (κ2) is 10.9.